The van der Waals surface area contributed by atoms with Crippen molar-refractivity contribution in [2.45, 2.75) is 107 Å². The Kier molecular flexibility index (Phi) is 9.40. The second-order valence-corrected chi connectivity index (χ2v) is 15.0. The van der Waals surface area contributed by atoms with Crippen molar-refractivity contribution in [2.24, 2.45) is 47.3 Å². The predicted molar refractivity (Wildman–Crippen MR) is 120 cm³/mol. The van der Waals surface area contributed by atoms with Crippen LogP contribution in [0.15, 0.2) is 0 Å². The molecule has 8 atom stereocenters. The van der Waals surface area contributed by atoms with Crippen molar-refractivity contribution in [3.05, 3.63) is 0 Å². The second kappa shape index (κ2) is 10.1. The van der Waals surface area contributed by atoms with Crippen LogP contribution >= 0.6 is 0 Å². The van der Waals surface area contributed by atoms with Gasteiger partial charge in [-0.3, -0.25) is 0 Å². The molecule has 0 aliphatic heterocycles. The molecule has 0 radical (unpaired) electrons. The van der Waals surface area contributed by atoms with Gasteiger partial charge in [0.1, 0.15) is 0 Å². The Morgan fingerprint density at radius 1 is 0.577 bits per heavy atom. The lowest BCUT2D eigenvalue weighted by Crippen LogP contribution is -2.42. The molecule has 1 fully saturated rings. The van der Waals surface area contributed by atoms with Gasteiger partial charge in [0.15, 0.2) is 8.32 Å². The van der Waals surface area contributed by atoms with Crippen molar-refractivity contribution in [1.82, 2.24) is 0 Å². The minimum atomic E-state index is -1.57. The van der Waals surface area contributed by atoms with E-state index in [4.69, 9.17) is 4.43 Å². The second-order valence-electron chi connectivity index (χ2n) is 10.5. The summed E-state index contributed by atoms with van der Waals surface area (Å²) in [5, 5.41) is 0. The van der Waals surface area contributed by atoms with Gasteiger partial charge in [0.25, 0.3) is 0 Å². The lowest BCUT2D eigenvalue weighted by Gasteiger charge is -2.38. The van der Waals surface area contributed by atoms with E-state index in [1.54, 1.807) is 0 Å². The van der Waals surface area contributed by atoms with Gasteiger partial charge in [0.2, 0.25) is 0 Å². The van der Waals surface area contributed by atoms with Gasteiger partial charge in [-0.2, -0.15) is 0 Å². The number of hydrogen-bond acceptors (Lipinski definition) is 1. The molecule has 0 aromatic heterocycles. The van der Waals surface area contributed by atoms with E-state index < -0.39 is 8.32 Å². The molecule has 0 aromatic carbocycles. The summed E-state index contributed by atoms with van der Waals surface area (Å²) in [6.07, 6.45) is 5.65. The van der Waals surface area contributed by atoms with Crippen LogP contribution in [-0.4, -0.2) is 14.4 Å². The zero-order chi connectivity index (χ0) is 20.2. The molecule has 0 saturated heterocycles. The molecule has 0 bridgehead atoms. The van der Waals surface area contributed by atoms with Gasteiger partial charge < -0.3 is 4.43 Å². The summed E-state index contributed by atoms with van der Waals surface area (Å²) in [5.74, 6) is 6.24. The minimum Gasteiger partial charge on any atom is -0.414 e. The molecule has 8 unspecified atom stereocenters. The van der Waals surface area contributed by atoms with E-state index in [-0.39, 0.29) is 0 Å². The molecule has 1 nitrogen and oxygen atoms in total. The molecule has 1 saturated carbocycles. The molecule has 1 rings (SSSR count). The molecule has 26 heavy (non-hydrogen) atoms. The standard InChI is InChI=1S/C24H50OSi/c1-12-16(5)20-21(17(6)13-2)23(19(8)15-4)24(25-26(9,10)11)22(20)18(7)14-3/h16-24H,12-15H2,1-11H3. The molecule has 156 valence electrons. The van der Waals surface area contributed by atoms with Gasteiger partial charge in [-0.1, -0.05) is 81.1 Å². The highest BCUT2D eigenvalue weighted by Crippen LogP contribution is 2.57. The van der Waals surface area contributed by atoms with Crippen LogP contribution in [0.4, 0.5) is 0 Å². The maximum absolute atomic E-state index is 7.06. The molecule has 0 heterocycles. The molecular formula is C24H50OSi. The van der Waals surface area contributed by atoms with Crippen molar-refractivity contribution >= 4 is 8.32 Å². The lowest BCUT2D eigenvalue weighted by molar-refractivity contribution is 0.0437. The maximum atomic E-state index is 7.06. The Labute approximate surface area is 167 Å². The number of rotatable bonds is 10. The zero-order valence-electron chi connectivity index (χ0n) is 19.9. The summed E-state index contributed by atoms with van der Waals surface area (Å²) in [4.78, 5) is 0. The van der Waals surface area contributed by atoms with E-state index in [1.807, 2.05) is 0 Å². The van der Waals surface area contributed by atoms with Gasteiger partial charge in [0, 0.05) is 0 Å². The third-order valence-electron chi connectivity index (χ3n) is 7.79. The summed E-state index contributed by atoms with van der Waals surface area (Å²) >= 11 is 0. The third kappa shape index (κ3) is 5.37. The molecule has 2 heteroatoms. The molecule has 0 amide bonds. The van der Waals surface area contributed by atoms with Crippen molar-refractivity contribution in [3.8, 4) is 0 Å². The summed E-state index contributed by atoms with van der Waals surface area (Å²) in [7, 11) is -1.57. The van der Waals surface area contributed by atoms with Gasteiger partial charge in [0.05, 0.1) is 6.10 Å². The summed E-state index contributed by atoms with van der Waals surface area (Å²) < 4.78 is 7.06. The average Bonchev–Trinajstić information content (AvgIpc) is 2.91. The minimum absolute atomic E-state index is 0.476. The van der Waals surface area contributed by atoms with Crippen LogP contribution in [0.5, 0.6) is 0 Å². The van der Waals surface area contributed by atoms with E-state index in [1.165, 1.54) is 25.7 Å². The average molecular weight is 383 g/mol. The highest BCUT2D eigenvalue weighted by atomic mass is 28.4. The Morgan fingerprint density at radius 3 is 1.08 bits per heavy atom. The quantitative estimate of drug-likeness (QED) is 0.349. The fraction of sp³-hybridized carbons (Fsp3) is 1.00. The zero-order valence-corrected chi connectivity index (χ0v) is 20.9. The fourth-order valence-corrected chi connectivity index (χ4v) is 6.92. The Balaban J connectivity index is 3.51. The van der Waals surface area contributed by atoms with Crippen LogP contribution in [0.25, 0.3) is 0 Å². The topological polar surface area (TPSA) is 9.23 Å². The van der Waals surface area contributed by atoms with Crippen LogP contribution < -0.4 is 0 Å². The molecular weight excluding hydrogens is 332 g/mol. The fourth-order valence-electron chi connectivity index (χ4n) is 5.79. The maximum Gasteiger partial charge on any atom is 0.184 e. The third-order valence-corrected chi connectivity index (χ3v) is 8.77. The first-order chi connectivity index (χ1) is 12.0. The highest BCUT2D eigenvalue weighted by Gasteiger charge is 2.56. The number of hydrogen-bond donors (Lipinski definition) is 0. The highest BCUT2D eigenvalue weighted by molar-refractivity contribution is 6.69. The Morgan fingerprint density at radius 2 is 0.846 bits per heavy atom. The largest absolute Gasteiger partial charge is 0.414 e. The van der Waals surface area contributed by atoms with Crippen molar-refractivity contribution in [1.29, 1.82) is 0 Å². The molecule has 1 aliphatic rings. The molecule has 0 N–H and O–H groups in total. The van der Waals surface area contributed by atoms with Gasteiger partial charge in [-0.25, -0.2) is 0 Å². The van der Waals surface area contributed by atoms with Crippen molar-refractivity contribution in [3.63, 3.8) is 0 Å². The predicted octanol–water partition coefficient (Wildman–Crippen LogP) is 7.87. The van der Waals surface area contributed by atoms with Crippen LogP contribution in [0, 0.1) is 47.3 Å². The van der Waals surface area contributed by atoms with E-state index in [9.17, 15) is 0 Å². The first kappa shape index (κ1) is 24.2. The van der Waals surface area contributed by atoms with Crippen molar-refractivity contribution < 1.29 is 4.43 Å². The van der Waals surface area contributed by atoms with Crippen LogP contribution in [-0.2, 0) is 4.43 Å². The van der Waals surface area contributed by atoms with Crippen LogP contribution in [0.1, 0.15) is 81.1 Å². The van der Waals surface area contributed by atoms with Crippen LogP contribution in [0.2, 0.25) is 19.6 Å². The Hall–Kier alpha value is 0.177. The molecule has 0 aromatic rings. The summed E-state index contributed by atoms with van der Waals surface area (Å²) in [6, 6.07) is 0. The summed E-state index contributed by atoms with van der Waals surface area (Å²) in [6.45, 7) is 26.8. The molecule has 0 spiro atoms. The van der Waals surface area contributed by atoms with E-state index in [2.05, 4.69) is 75.0 Å². The first-order valence-corrected chi connectivity index (χ1v) is 15.1. The van der Waals surface area contributed by atoms with Gasteiger partial charge in [-0.05, 0) is 67.0 Å². The van der Waals surface area contributed by atoms with Crippen LogP contribution in [0.3, 0.4) is 0 Å². The monoisotopic (exact) mass is 382 g/mol. The Bertz CT molecular complexity index is 372. The molecule has 1 aliphatic carbocycles. The van der Waals surface area contributed by atoms with E-state index in [0.717, 1.165) is 47.3 Å². The van der Waals surface area contributed by atoms with Gasteiger partial charge in [-0.15, -0.1) is 0 Å². The van der Waals surface area contributed by atoms with E-state index in [0.29, 0.717) is 6.10 Å². The van der Waals surface area contributed by atoms with Crippen molar-refractivity contribution in [2.75, 3.05) is 0 Å². The van der Waals surface area contributed by atoms with Gasteiger partial charge >= 0.3 is 0 Å². The summed E-state index contributed by atoms with van der Waals surface area (Å²) in [5.41, 5.74) is 0. The lowest BCUT2D eigenvalue weighted by atomic mass is 9.67. The SMILES string of the molecule is CCC(C)C1C(O[Si](C)(C)C)C(C(C)CC)C(C(C)CC)C1C(C)CC. The smallest absolute Gasteiger partial charge is 0.184 e. The normalized spacial score (nSPS) is 34.5. The first-order valence-electron chi connectivity index (χ1n) is 11.7. The van der Waals surface area contributed by atoms with E-state index >= 15 is 0 Å².